The van der Waals surface area contributed by atoms with E-state index >= 15 is 0 Å². The van der Waals surface area contributed by atoms with Crippen molar-refractivity contribution in [3.05, 3.63) is 113 Å². The van der Waals surface area contributed by atoms with Gasteiger partial charge in [-0.2, -0.15) is 0 Å². The largest absolute Gasteiger partial charge is 0.316 e. The first-order chi connectivity index (χ1) is 15.4. The Hall–Kier alpha value is -3.84. The number of hydrogen-bond donors (Lipinski definition) is 0. The van der Waals surface area contributed by atoms with E-state index in [2.05, 4.69) is 95.5 Å². The summed E-state index contributed by atoms with van der Waals surface area (Å²) < 4.78 is 2.33. The normalized spacial score (nSPS) is 13.5. The molecule has 4 aromatic carbocycles. The average Bonchev–Trinajstić information content (AvgIpc) is 3.52. The summed E-state index contributed by atoms with van der Waals surface area (Å²) in [5.41, 5.74) is 14.3. The third-order valence-corrected chi connectivity index (χ3v) is 7.45. The lowest BCUT2D eigenvalue weighted by atomic mass is 9.93. The first-order valence-electron chi connectivity index (χ1n) is 11.0. The van der Waals surface area contributed by atoms with Crippen molar-refractivity contribution >= 4 is 27.2 Å². The second-order valence-electron chi connectivity index (χ2n) is 8.97. The van der Waals surface area contributed by atoms with Gasteiger partial charge in [0.15, 0.2) is 0 Å². The van der Waals surface area contributed by atoms with E-state index in [1.807, 2.05) is 0 Å². The Balaban J connectivity index is 1.49. The Labute approximate surface area is 180 Å². The molecule has 0 spiro atoms. The van der Waals surface area contributed by atoms with Gasteiger partial charge >= 0.3 is 0 Å². The maximum absolute atomic E-state index is 2.48. The second-order valence-corrected chi connectivity index (χ2v) is 8.97. The minimum absolute atomic E-state index is 1.03. The fourth-order valence-corrected chi connectivity index (χ4v) is 6.13. The molecule has 2 aromatic heterocycles. The van der Waals surface area contributed by atoms with Gasteiger partial charge in [0.25, 0.3) is 0 Å². The zero-order valence-electron chi connectivity index (χ0n) is 17.0. The van der Waals surface area contributed by atoms with Gasteiger partial charge in [-0.1, -0.05) is 54.6 Å². The van der Waals surface area contributed by atoms with Crippen LogP contribution < -0.4 is 0 Å². The summed E-state index contributed by atoms with van der Waals surface area (Å²) in [6, 6.07) is 31.8. The molecule has 0 radical (unpaired) electrons. The monoisotopic (exact) mass is 393 g/mol. The molecule has 2 aliphatic carbocycles. The minimum Gasteiger partial charge on any atom is -0.316 e. The van der Waals surface area contributed by atoms with Crippen molar-refractivity contribution in [3.63, 3.8) is 0 Å². The molecule has 8 rings (SSSR count). The standard InChI is InChI=1S/C30H19N/c1-2-7-21-18(6-1)15-27-22(21)12-11-19-14-20-16-26-25(17-24(20)30(19)27)23-8-3-4-9-28(23)31-13-5-10-29(26)31/h1-13,16-17H,14-15H2. The van der Waals surface area contributed by atoms with Gasteiger partial charge in [0, 0.05) is 17.0 Å². The number of fused-ring (bicyclic) bond motifs is 13. The Morgan fingerprint density at radius 1 is 0.516 bits per heavy atom. The Kier molecular flexibility index (Phi) is 2.80. The maximum atomic E-state index is 2.48. The van der Waals surface area contributed by atoms with Gasteiger partial charge in [-0.25, -0.2) is 0 Å². The molecule has 0 saturated heterocycles. The number of hydrogen-bond acceptors (Lipinski definition) is 0. The Bertz CT molecular complexity index is 1730. The number of pyridine rings is 1. The molecule has 1 heteroatoms. The maximum Gasteiger partial charge on any atom is 0.0535 e. The molecular weight excluding hydrogens is 374 g/mol. The van der Waals surface area contributed by atoms with E-state index in [1.165, 1.54) is 71.7 Å². The summed E-state index contributed by atoms with van der Waals surface area (Å²) in [6.07, 6.45) is 4.26. The van der Waals surface area contributed by atoms with Crippen molar-refractivity contribution in [1.82, 2.24) is 4.40 Å². The van der Waals surface area contributed by atoms with Crippen molar-refractivity contribution in [3.8, 4) is 22.3 Å². The van der Waals surface area contributed by atoms with Crippen LogP contribution >= 0.6 is 0 Å². The molecule has 0 N–H and O–H groups in total. The van der Waals surface area contributed by atoms with Gasteiger partial charge in [0.2, 0.25) is 0 Å². The quantitative estimate of drug-likeness (QED) is 0.237. The number of benzene rings is 4. The van der Waals surface area contributed by atoms with Gasteiger partial charge in [-0.15, -0.1) is 0 Å². The molecule has 2 heterocycles. The van der Waals surface area contributed by atoms with Crippen LogP contribution in [0.5, 0.6) is 0 Å². The summed E-state index contributed by atoms with van der Waals surface area (Å²) in [7, 11) is 0. The smallest absolute Gasteiger partial charge is 0.0535 e. The van der Waals surface area contributed by atoms with Crippen LogP contribution in [0.4, 0.5) is 0 Å². The van der Waals surface area contributed by atoms with Gasteiger partial charge in [-0.3, -0.25) is 0 Å². The van der Waals surface area contributed by atoms with Crippen molar-refractivity contribution in [2.75, 3.05) is 0 Å². The van der Waals surface area contributed by atoms with Crippen molar-refractivity contribution < 1.29 is 0 Å². The van der Waals surface area contributed by atoms with Crippen LogP contribution in [0.1, 0.15) is 22.3 Å². The number of para-hydroxylation sites is 1. The third kappa shape index (κ3) is 1.92. The van der Waals surface area contributed by atoms with Crippen molar-refractivity contribution in [2.24, 2.45) is 0 Å². The lowest BCUT2D eigenvalue weighted by Gasteiger charge is -2.13. The topological polar surface area (TPSA) is 4.41 Å². The summed E-state index contributed by atoms with van der Waals surface area (Å²) in [6.45, 7) is 0. The highest BCUT2D eigenvalue weighted by atomic mass is 14.9. The van der Waals surface area contributed by atoms with Crippen LogP contribution in [-0.4, -0.2) is 4.40 Å². The summed E-state index contributed by atoms with van der Waals surface area (Å²) in [4.78, 5) is 0. The molecule has 2 aliphatic rings. The SMILES string of the molecule is c1ccc2c(c1)Cc1c-2ccc2c1-c1cc3c4ccccc4n4cccc4c3cc1C2. The van der Waals surface area contributed by atoms with Gasteiger partial charge in [0.1, 0.15) is 0 Å². The Morgan fingerprint density at radius 2 is 1.35 bits per heavy atom. The van der Waals surface area contributed by atoms with E-state index in [0.717, 1.165) is 12.8 Å². The van der Waals surface area contributed by atoms with E-state index in [0.29, 0.717) is 0 Å². The van der Waals surface area contributed by atoms with Crippen LogP contribution in [-0.2, 0) is 12.8 Å². The van der Waals surface area contributed by atoms with Crippen LogP contribution in [0.15, 0.2) is 91.1 Å². The molecule has 144 valence electrons. The summed E-state index contributed by atoms with van der Waals surface area (Å²) in [5.74, 6) is 0. The fourth-order valence-electron chi connectivity index (χ4n) is 6.13. The van der Waals surface area contributed by atoms with Crippen molar-refractivity contribution in [2.45, 2.75) is 12.8 Å². The van der Waals surface area contributed by atoms with Crippen LogP contribution in [0, 0.1) is 0 Å². The van der Waals surface area contributed by atoms with E-state index < -0.39 is 0 Å². The van der Waals surface area contributed by atoms with Crippen LogP contribution in [0.3, 0.4) is 0 Å². The molecule has 0 unspecified atom stereocenters. The average molecular weight is 393 g/mol. The zero-order valence-corrected chi connectivity index (χ0v) is 17.0. The molecule has 0 bridgehead atoms. The van der Waals surface area contributed by atoms with Crippen LogP contribution in [0.2, 0.25) is 0 Å². The molecule has 6 aromatic rings. The van der Waals surface area contributed by atoms with Crippen LogP contribution in [0.25, 0.3) is 49.4 Å². The highest BCUT2D eigenvalue weighted by Crippen LogP contribution is 2.49. The number of aromatic nitrogens is 1. The molecule has 1 nitrogen and oxygen atoms in total. The molecular formula is C30H19N. The summed E-state index contributed by atoms with van der Waals surface area (Å²) in [5, 5.41) is 4.05. The molecule has 0 fully saturated rings. The predicted molar refractivity (Wildman–Crippen MR) is 129 cm³/mol. The molecule has 0 amide bonds. The van der Waals surface area contributed by atoms with Gasteiger partial charge < -0.3 is 4.40 Å². The lowest BCUT2D eigenvalue weighted by Crippen LogP contribution is -1.92. The highest BCUT2D eigenvalue weighted by Gasteiger charge is 2.28. The van der Waals surface area contributed by atoms with Gasteiger partial charge in [0.05, 0.1) is 11.0 Å². The highest BCUT2D eigenvalue weighted by molar-refractivity contribution is 6.14. The predicted octanol–water partition coefficient (Wildman–Crippen LogP) is 7.39. The first-order valence-corrected chi connectivity index (χ1v) is 11.0. The minimum atomic E-state index is 1.03. The second kappa shape index (κ2) is 5.44. The van der Waals surface area contributed by atoms with E-state index in [-0.39, 0.29) is 0 Å². The van der Waals surface area contributed by atoms with E-state index in [1.54, 1.807) is 0 Å². The molecule has 0 atom stereocenters. The zero-order chi connectivity index (χ0) is 20.1. The fraction of sp³-hybridized carbons (Fsp3) is 0.0667. The first kappa shape index (κ1) is 15.9. The van der Waals surface area contributed by atoms with E-state index in [9.17, 15) is 0 Å². The molecule has 31 heavy (non-hydrogen) atoms. The number of rotatable bonds is 0. The Morgan fingerprint density at radius 3 is 2.35 bits per heavy atom. The lowest BCUT2D eigenvalue weighted by molar-refractivity contribution is 1.23. The summed E-state index contributed by atoms with van der Waals surface area (Å²) >= 11 is 0. The third-order valence-electron chi connectivity index (χ3n) is 7.45. The molecule has 0 aliphatic heterocycles. The van der Waals surface area contributed by atoms with Gasteiger partial charge in [-0.05, 0) is 93.1 Å². The molecule has 0 saturated carbocycles. The van der Waals surface area contributed by atoms with Crippen molar-refractivity contribution in [1.29, 1.82) is 0 Å². The number of nitrogens with zero attached hydrogens (tertiary/aromatic N) is 1. The van der Waals surface area contributed by atoms with E-state index in [4.69, 9.17) is 0 Å².